The molecular formula is C16H16ClNO2. The lowest BCUT2D eigenvalue weighted by atomic mass is 10.0. The largest absolute Gasteiger partial charge is 0.467 e. The molecule has 104 valence electrons. The second-order valence-electron chi connectivity index (χ2n) is 4.52. The minimum atomic E-state index is -0.556. The van der Waals surface area contributed by atoms with Crippen LogP contribution in [0.4, 0.5) is 5.69 Å². The van der Waals surface area contributed by atoms with Crippen molar-refractivity contribution in [2.75, 3.05) is 12.4 Å². The highest BCUT2D eigenvalue weighted by molar-refractivity contribution is 6.30. The van der Waals surface area contributed by atoms with Crippen LogP contribution in [0, 0.1) is 6.92 Å². The zero-order chi connectivity index (χ0) is 14.5. The van der Waals surface area contributed by atoms with E-state index in [1.54, 1.807) is 12.1 Å². The molecule has 0 aliphatic carbocycles. The number of hydrogen-bond acceptors (Lipinski definition) is 3. The Labute approximate surface area is 123 Å². The highest BCUT2D eigenvalue weighted by Crippen LogP contribution is 2.23. The van der Waals surface area contributed by atoms with Crippen LogP contribution in [-0.4, -0.2) is 13.1 Å². The van der Waals surface area contributed by atoms with Crippen LogP contribution in [0.3, 0.4) is 0 Å². The molecule has 0 aromatic heterocycles. The normalized spacial score (nSPS) is 11.8. The number of benzene rings is 2. The van der Waals surface area contributed by atoms with Gasteiger partial charge in [0.05, 0.1) is 7.11 Å². The van der Waals surface area contributed by atoms with E-state index in [1.807, 2.05) is 43.3 Å². The van der Waals surface area contributed by atoms with Gasteiger partial charge in [-0.3, -0.25) is 0 Å². The molecular weight excluding hydrogens is 274 g/mol. The summed E-state index contributed by atoms with van der Waals surface area (Å²) >= 11 is 5.95. The van der Waals surface area contributed by atoms with Crippen molar-refractivity contribution in [3.63, 3.8) is 0 Å². The standard InChI is InChI=1S/C16H16ClNO2/c1-11-6-8-12(9-7-11)15(16(19)20-2)18-14-5-3-4-13(17)10-14/h3-10,15,18H,1-2H3. The number of methoxy groups -OCH3 is 1. The van der Waals surface area contributed by atoms with Gasteiger partial charge in [0, 0.05) is 10.7 Å². The zero-order valence-electron chi connectivity index (χ0n) is 11.4. The first-order chi connectivity index (χ1) is 9.60. The molecule has 2 rings (SSSR count). The Bertz CT molecular complexity index is 596. The fourth-order valence-corrected chi connectivity index (χ4v) is 2.09. The Balaban J connectivity index is 2.28. The van der Waals surface area contributed by atoms with Crippen molar-refractivity contribution in [1.29, 1.82) is 0 Å². The molecule has 1 N–H and O–H groups in total. The molecule has 0 bridgehead atoms. The van der Waals surface area contributed by atoms with Gasteiger partial charge in [-0.2, -0.15) is 0 Å². The van der Waals surface area contributed by atoms with E-state index in [4.69, 9.17) is 16.3 Å². The van der Waals surface area contributed by atoms with Crippen LogP contribution in [0.2, 0.25) is 5.02 Å². The number of halogens is 1. The second-order valence-corrected chi connectivity index (χ2v) is 4.96. The van der Waals surface area contributed by atoms with Gasteiger partial charge in [-0.15, -0.1) is 0 Å². The number of hydrogen-bond donors (Lipinski definition) is 1. The lowest BCUT2D eigenvalue weighted by Gasteiger charge is -2.18. The molecule has 1 atom stereocenters. The maximum atomic E-state index is 12.0. The average Bonchev–Trinajstić information content (AvgIpc) is 2.45. The summed E-state index contributed by atoms with van der Waals surface area (Å²) in [7, 11) is 1.38. The van der Waals surface area contributed by atoms with E-state index in [-0.39, 0.29) is 5.97 Å². The van der Waals surface area contributed by atoms with Gasteiger partial charge in [0.25, 0.3) is 0 Å². The number of esters is 1. The maximum absolute atomic E-state index is 12.0. The summed E-state index contributed by atoms with van der Waals surface area (Å²) in [5, 5.41) is 3.76. The van der Waals surface area contributed by atoms with Gasteiger partial charge in [-0.1, -0.05) is 47.5 Å². The van der Waals surface area contributed by atoms with Crippen LogP contribution in [0.1, 0.15) is 17.2 Å². The fourth-order valence-electron chi connectivity index (χ4n) is 1.90. The monoisotopic (exact) mass is 289 g/mol. The molecule has 4 heteroatoms. The quantitative estimate of drug-likeness (QED) is 0.866. The first-order valence-electron chi connectivity index (χ1n) is 6.26. The van der Waals surface area contributed by atoms with Crippen LogP contribution in [0.15, 0.2) is 48.5 Å². The van der Waals surface area contributed by atoms with Gasteiger partial charge in [0.15, 0.2) is 6.04 Å². The van der Waals surface area contributed by atoms with Crippen LogP contribution < -0.4 is 5.32 Å². The predicted molar refractivity (Wildman–Crippen MR) is 81.0 cm³/mol. The van der Waals surface area contributed by atoms with Gasteiger partial charge in [-0.25, -0.2) is 4.79 Å². The molecule has 2 aromatic rings. The van der Waals surface area contributed by atoms with Crippen molar-refractivity contribution in [2.45, 2.75) is 13.0 Å². The Morgan fingerprint density at radius 1 is 1.20 bits per heavy atom. The van der Waals surface area contributed by atoms with Crippen LogP contribution in [0.25, 0.3) is 0 Å². The summed E-state index contributed by atoms with van der Waals surface area (Å²) in [5.41, 5.74) is 2.76. The molecule has 0 spiro atoms. The number of nitrogens with one attached hydrogen (secondary N) is 1. The van der Waals surface area contributed by atoms with E-state index < -0.39 is 6.04 Å². The second kappa shape index (κ2) is 6.44. The van der Waals surface area contributed by atoms with Crippen LogP contribution in [-0.2, 0) is 9.53 Å². The molecule has 2 aromatic carbocycles. The summed E-state index contributed by atoms with van der Waals surface area (Å²) < 4.78 is 4.87. The molecule has 20 heavy (non-hydrogen) atoms. The maximum Gasteiger partial charge on any atom is 0.332 e. The van der Waals surface area contributed by atoms with E-state index in [0.29, 0.717) is 5.02 Å². The molecule has 0 saturated heterocycles. The Kier molecular flexibility index (Phi) is 4.64. The number of aryl methyl sites for hydroxylation is 1. The molecule has 0 fully saturated rings. The third-order valence-electron chi connectivity index (χ3n) is 2.98. The van der Waals surface area contributed by atoms with E-state index in [9.17, 15) is 4.79 Å². The van der Waals surface area contributed by atoms with Gasteiger partial charge < -0.3 is 10.1 Å². The van der Waals surface area contributed by atoms with Crippen molar-refractivity contribution in [3.8, 4) is 0 Å². The minimum absolute atomic E-state index is 0.339. The third kappa shape index (κ3) is 3.52. The van der Waals surface area contributed by atoms with E-state index in [0.717, 1.165) is 16.8 Å². The molecule has 0 heterocycles. The molecule has 3 nitrogen and oxygen atoms in total. The lowest BCUT2D eigenvalue weighted by molar-refractivity contribution is -0.141. The Hall–Kier alpha value is -2.00. The number of ether oxygens (including phenoxy) is 1. The first-order valence-corrected chi connectivity index (χ1v) is 6.64. The smallest absolute Gasteiger partial charge is 0.332 e. The van der Waals surface area contributed by atoms with Gasteiger partial charge in [0.2, 0.25) is 0 Å². The number of anilines is 1. The number of rotatable bonds is 4. The van der Waals surface area contributed by atoms with Crippen LogP contribution >= 0.6 is 11.6 Å². The molecule has 0 saturated carbocycles. The molecule has 1 unspecified atom stereocenters. The zero-order valence-corrected chi connectivity index (χ0v) is 12.1. The minimum Gasteiger partial charge on any atom is -0.467 e. The fraction of sp³-hybridized carbons (Fsp3) is 0.188. The van der Waals surface area contributed by atoms with E-state index in [2.05, 4.69) is 5.32 Å². The predicted octanol–water partition coefficient (Wildman–Crippen LogP) is 3.97. The molecule has 0 amide bonds. The molecule has 0 radical (unpaired) electrons. The highest BCUT2D eigenvalue weighted by Gasteiger charge is 2.21. The van der Waals surface area contributed by atoms with Gasteiger partial charge >= 0.3 is 5.97 Å². The van der Waals surface area contributed by atoms with Gasteiger partial charge in [0.1, 0.15) is 0 Å². The highest BCUT2D eigenvalue weighted by atomic mass is 35.5. The van der Waals surface area contributed by atoms with E-state index >= 15 is 0 Å². The van der Waals surface area contributed by atoms with Crippen molar-refractivity contribution in [2.24, 2.45) is 0 Å². The van der Waals surface area contributed by atoms with E-state index in [1.165, 1.54) is 7.11 Å². The first kappa shape index (κ1) is 14.4. The topological polar surface area (TPSA) is 38.3 Å². The van der Waals surface area contributed by atoms with Crippen molar-refractivity contribution < 1.29 is 9.53 Å². The molecule has 0 aliphatic rings. The Morgan fingerprint density at radius 2 is 1.90 bits per heavy atom. The van der Waals surface area contributed by atoms with Crippen LogP contribution in [0.5, 0.6) is 0 Å². The molecule has 0 aliphatic heterocycles. The van der Waals surface area contributed by atoms with Crippen molar-refractivity contribution in [3.05, 3.63) is 64.7 Å². The summed E-state index contributed by atoms with van der Waals surface area (Å²) in [6.45, 7) is 2.00. The SMILES string of the molecule is COC(=O)C(Nc1cccc(Cl)c1)c1ccc(C)cc1. The summed E-state index contributed by atoms with van der Waals surface area (Å²) in [4.78, 5) is 12.0. The van der Waals surface area contributed by atoms with Crippen molar-refractivity contribution in [1.82, 2.24) is 0 Å². The van der Waals surface area contributed by atoms with Gasteiger partial charge in [-0.05, 0) is 30.7 Å². The summed E-state index contributed by atoms with van der Waals surface area (Å²) in [5.74, 6) is -0.339. The number of carbonyl (C=O) groups excluding carboxylic acids is 1. The van der Waals surface area contributed by atoms with Crippen molar-refractivity contribution >= 4 is 23.3 Å². The average molecular weight is 290 g/mol. The summed E-state index contributed by atoms with van der Waals surface area (Å²) in [6, 6.07) is 14.4. The lowest BCUT2D eigenvalue weighted by Crippen LogP contribution is -2.22. The Morgan fingerprint density at radius 3 is 2.50 bits per heavy atom. The number of carbonyl (C=O) groups is 1. The third-order valence-corrected chi connectivity index (χ3v) is 3.22. The summed E-state index contributed by atoms with van der Waals surface area (Å²) in [6.07, 6.45) is 0.